The summed E-state index contributed by atoms with van der Waals surface area (Å²) in [5.74, 6) is -0.0177. The molecule has 0 spiro atoms. The number of rotatable bonds is 5. The van der Waals surface area contributed by atoms with Crippen LogP contribution in [0.5, 0.6) is 0 Å². The third kappa shape index (κ3) is 4.16. The van der Waals surface area contributed by atoms with Crippen LogP contribution in [0.1, 0.15) is 27.2 Å². The quantitative estimate of drug-likeness (QED) is 0.625. The minimum Gasteiger partial charge on any atom is -0.478 e. The van der Waals surface area contributed by atoms with E-state index in [1.54, 1.807) is 30.3 Å². The van der Waals surface area contributed by atoms with Gasteiger partial charge in [0.25, 0.3) is 0 Å². The fraction of sp³-hybridized carbons (Fsp3) is 0.150. The minimum absolute atomic E-state index is 0.188. The highest BCUT2D eigenvalue weighted by atomic mass is 16.4. The number of para-hydroxylation sites is 1. The van der Waals surface area contributed by atoms with E-state index in [9.17, 15) is 9.90 Å². The molecule has 0 saturated carbocycles. The number of carboxylic acids is 1. The average Bonchev–Trinajstić information content (AvgIpc) is 2.53. The Kier molecular flexibility index (Phi) is 4.84. The number of benzene rings is 2. The molecule has 1 heterocycles. The summed E-state index contributed by atoms with van der Waals surface area (Å²) in [5, 5.41) is 15.6. The highest BCUT2D eigenvalue weighted by Gasteiger charge is 2.11. The van der Waals surface area contributed by atoms with Gasteiger partial charge in [0.05, 0.1) is 11.3 Å². The molecule has 26 heavy (non-hydrogen) atoms. The fourth-order valence-corrected chi connectivity index (χ4v) is 2.78. The zero-order valence-corrected chi connectivity index (χ0v) is 14.9. The molecule has 0 aliphatic carbocycles. The molecule has 0 aliphatic heterocycles. The topological polar surface area (TPSA) is 87.1 Å². The first-order valence-electron chi connectivity index (χ1n) is 8.21. The lowest BCUT2D eigenvalue weighted by atomic mass is 10.1. The predicted molar refractivity (Wildman–Crippen MR) is 103 cm³/mol. The Morgan fingerprint density at radius 1 is 0.923 bits per heavy atom. The number of nitrogens with one attached hydrogen (secondary N) is 2. The molecule has 3 rings (SSSR count). The van der Waals surface area contributed by atoms with Gasteiger partial charge in [-0.1, -0.05) is 18.2 Å². The molecule has 0 aliphatic rings. The van der Waals surface area contributed by atoms with Crippen molar-refractivity contribution in [1.29, 1.82) is 0 Å². The van der Waals surface area contributed by atoms with E-state index in [1.165, 1.54) is 0 Å². The Morgan fingerprint density at radius 2 is 1.62 bits per heavy atom. The van der Waals surface area contributed by atoms with E-state index in [-0.39, 0.29) is 5.56 Å². The predicted octanol–water partition coefficient (Wildman–Crippen LogP) is 4.59. The molecule has 0 fully saturated rings. The molecule has 0 amide bonds. The molecule has 6 nitrogen and oxygen atoms in total. The Morgan fingerprint density at radius 3 is 2.31 bits per heavy atom. The first-order valence-corrected chi connectivity index (χ1v) is 8.21. The minimum atomic E-state index is -0.993. The van der Waals surface area contributed by atoms with E-state index >= 15 is 0 Å². The smallest absolute Gasteiger partial charge is 0.337 e. The molecule has 0 atom stereocenters. The summed E-state index contributed by atoms with van der Waals surface area (Å²) in [6.45, 7) is 5.93. The van der Waals surface area contributed by atoms with E-state index in [1.807, 2.05) is 32.9 Å². The molecule has 0 saturated heterocycles. The van der Waals surface area contributed by atoms with Crippen molar-refractivity contribution in [2.75, 3.05) is 10.6 Å². The van der Waals surface area contributed by atoms with Crippen LogP contribution in [0.15, 0.2) is 48.5 Å². The van der Waals surface area contributed by atoms with E-state index in [0.717, 1.165) is 22.5 Å². The molecule has 2 aromatic carbocycles. The summed E-state index contributed by atoms with van der Waals surface area (Å²) < 4.78 is 0. The van der Waals surface area contributed by atoms with Gasteiger partial charge in [0.1, 0.15) is 5.82 Å². The number of carbonyl (C=O) groups is 1. The van der Waals surface area contributed by atoms with E-state index in [0.29, 0.717) is 17.5 Å². The summed E-state index contributed by atoms with van der Waals surface area (Å²) in [6, 6.07) is 14.6. The summed E-state index contributed by atoms with van der Waals surface area (Å²) >= 11 is 0. The van der Waals surface area contributed by atoms with Crippen molar-refractivity contribution in [3.63, 3.8) is 0 Å². The first-order chi connectivity index (χ1) is 12.4. The number of hydrogen-bond acceptors (Lipinski definition) is 5. The number of carboxylic acid groups (broad SMARTS) is 1. The third-order valence-electron chi connectivity index (χ3n) is 3.75. The Labute approximate surface area is 152 Å². The molecule has 132 valence electrons. The lowest BCUT2D eigenvalue weighted by Crippen LogP contribution is -2.06. The van der Waals surface area contributed by atoms with Crippen LogP contribution in [0.2, 0.25) is 0 Å². The van der Waals surface area contributed by atoms with Crippen LogP contribution in [0.4, 0.5) is 23.1 Å². The van der Waals surface area contributed by atoms with Crippen molar-refractivity contribution < 1.29 is 9.90 Å². The number of hydrogen-bond donors (Lipinski definition) is 3. The van der Waals surface area contributed by atoms with Crippen molar-refractivity contribution in [2.45, 2.75) is 20.8 Å². The lowest BCUT2D eigenvalue weighted by molar-refractivity contribution is 0.0698. The van der Waals surface area contributed by atoms with Gasteiger partial charge in [0.2, 0.25) is 5.95 Å². The second-order valence-electron chi connectivity index (χ2n) is 6.20. The van der Waals surface area contributed by atoms with Crippen LogP contribution in [-0.2, 0) is 0 Å². The standard InChI is InChI=1S/C20H20N4O2/c1-12-8-13(2)10-15(9-12)22-20-21-14(3)11-18(24-20)23-17-7-5-4-6-16(17)19(25)26/h4-11H,1-3H3,(H,25,26)(H2,21,22,23,24). The summed E-state index contributed by atoms with van der Waals surface area (Å²) in [5.41, 5.74) is 4.64. The monoisotopic (exact) mass is 348 g/mol. The largest absolute Gasteiger partial charge is 0.478 e. The van der Waals surface area contributed by atoms with Gasteiger partial charge in [0, 0.05) is 17.4 Å². The summed E-state index contributed by atoms with van der Waals surface area (Å²) in [7, 11) is 0. The third-order valence-corrected chi connectivity index (χ3v) is 3.75. The van der Waals surface area contributed by atoms with Gasteiger partial charge in [-0.2, -0.15) is 4.98 Å². The second-order valence-corrected chi connectivity index (χ2v) is 6.20. The van der Waals surface area contributed by atoms with E-state index < -0.39 is 5.97 Å². The second kappa shape index (κ2) is 7.23. The van der Waals surface area contributed by atoms with Crippen molar-refractivity contribution in [3.8, 4) is 0 Å². The van der Waals surface area contributed by atoms with Gasteiger partial charge >= 0.3 is 5.97 Å². The van der Waals surface area contributed by atoms with Crippen LogP contribution >= 0.6 is 0 Å². The molecule has 1 aromatic heterocycles. The maximum atomic E-state index is 11.4. The molecule has 3 aromatic rings. The maximum Gasteiger partial charge on any atom is 0.337 e. The Hall–Kier alpha value is -3.41. The Balaban J connectivity index is 1.90. The lowest BCUT2D eigenvalue weighted by Gasteiger charge is -2.12. The first kappa shape index (κ1) is 17.4. The number of aromatic nitrogens is 2. The molecule has 3 N–H and O–H groups in total. The fourth-order valence-electron chi connectivity index (χ4n) is 2.78. The molecule has 0 radical (unpaired) electrons. The van der Waals surface area contributed by atoms with Crippen LogP contribution in [0, 0.1) is 20.8 Å². The SMILES string of the molecule is Cc1cc(C)cc(Nc2nc(C)cc(Nc3ccccc3C(=O)O)n2)c1. The number of anilines is 4. The summed E-state index contributed by atoms with van der Waals surface area (Å²) in [4.78, 5) is 20.2. The zero-order valence-electron chi connectivity index (χ0n) is 14.9. The highest BCUT2D eigenvalue weighted by Crippen LogP contribution is 2.23. The van der Waals surface area contributed by atoms with Crippen molar-refractivity contribution >= 4 is 29.1 Å². The molecular formula is C20H20N4O2. The van der Waals surface area contributed by atoms with Gasteiger partial charge in [-0.05, 0) is 56.2 Å². The molecule has 6 heteroatoms. The molecular weight excluding hydrogens is 328 g/mol. The average molecular weight is 348 g/mol. The van der Waals surface area contributed by atoms with E-state index in [2.05, 4.69) is 26.7 Å². The van der Waals surface area contributed by atoms with Crippen LogP contribution in [0.25, 0.3) is 0 Å². The Bertz CT molecular complexity index is 950. The van der Waals surface area contributed by atoms with E-state index in [4.69, 9.17) is 0 Å². The number of nitrogens with zero attached hydrogens (tertiary/aromatic N) is 2. The highest BCUT2D eigenvalue weighted by molar-refractivity contribution is 5.95. The van der Waals surface area contributed by atoms with Crippen molar-refractivity contribution in [2.24, 2.45) is 0 Å². The van der Waals surface area contributed by atoms with Crippen LogP contribution in [-0.4, -0.2) is 21.0 Å². The van der Waals surface area contributed by atoms with Gasteiger partial charge < -0.3 is 15.7 Å². The number of aromatic carboxylic acids is 1. The molecule has 0 bridgehead atoms. The normalized spacial score (nSPS) is 10.4. The summed E-state index contributed by atoms with van der Waals surface area (Å²) in [6.07, 6.45) is 0. The van der Waals surface area contributed by atoms with Crippen LogP contribution in [0.3, 0.4) is 0 Å². The van der Waals surface area contributed by atoms with Gasteiger partial charge in [-0.15, -0.1) is 0 Å². The number of aryl methyl sites for hydroxylation is 3. The van der Waals surface area contributed by atoms with Crippen LogP contribution < -0.4 is 10.6 Å². The maximum absolute atomic E-state index is 11.4. The zero-order chi connectivity index (χ0) is 18.7. The van der Waals surface area contributed by atoms with Crippen molar-refractivity contribution in [1.82, 2.24) is 9.97 Å². The van der Waals surface area contributed by atoms with Crippen molar-refractivity contribution in [3.05, 3.63) is 70.9 Å². The van der Waals surface area contributed by atoms with Gasteiger partial charge in [0.15, 0.2) is 0 Å². The van der Waals surface area contributed by atoms with Gasteiger partial charge in [-0.3, -0.25) is 0 Å². The molecule has 0 unspecified atom stereocenters. The van der Waals surface area contributed by atoms with Gasteiger partial charge in [-0.25, -0.2) is 9.78 Å².